The quantitative estimate of drug-likeness (QED) is 0.605. The summed E-state index contributed by atoms with van der Waals surface area (Å²) in [6.45, 7) is 7.98. The van der Waals surface area contributed by atoms with Gasteiger partial charge in [0.2, 0.25) is 5.91 Å². The van der Waals surface area contributed by atoms with Gasteiger partial charge in [-0.05, 0) is 52.0 Å². The van der Waals surface area contributed by atoms with Crippen molar-refractivity contribution >= 4 is 17.9 Å². The van der Waals surface area contributed by atoms with Crippen LogP contribution >= 0.6 is 0 Å². The molecular formula is C18H27N3O5. The maximum absolute atomic E-state index is 12.0. The standard InChI is InChI=1S/C18H27N3O5/c1-5-25-14-8-6-13(7-9-14)16(23)20-11-10-19-15(22)12-21-17(24)26-18(2,3)4/h6-9H,5,10-12H2,1-4H3,(H,19,22)(H,20,23)(H,21,24). The lowest BCUT2D eigenvalue weighted by Gasteiger charge is -2.19. The van der Waals surface area contributed by atoms with Crippen LogP contribution in [-0.4, -0.2) is 49.7 Å². The zero-order chi connectivity index (χ0) is 19.6. The molecule has 1 rings (SSSR count). The van der Waals surface area contributed by atoms with Crippen LogP contribution in [0, 0.1) is 0 Å². The summed E-state index contributed by atoms with van der Waals surface area (Å²) in [4.78, 5) is 35.0. The molecule has 0 aliphatic carbocycles. The van der Waals surface area contributed by atoms with Gasteiger partial charge in [-0.25, -0.2) is 4.79 Å². The second-order valence-corrected chi connectivity index (χ2v) is 6.42. The van der Waals surface area contributed by atoms with Gasteiger partial charge in [0.05, 0.1) is 13.2 Å². The summed E-state index contributed by atoms with van der Waals surface area (Å²) in [5, 5.41) is 7.64. The molecule has 3 amide bonds. The lowest BCUT2D eigenvalue weighted by molar-refractivity contribution is -0.120. The van der Waals surface area contributed by atoms with Gasteiger partial charge >= 0.3 is 6.09 Å². The van der Waals surface area contributed by atoms with Crippen LogP contribution in [0.3, 0.4) is 0 Å². The molecule has 26 heavy (non-hydrogen) atoms. The van der Waals surface area contributed by atoms with Gasteiger partial charge in [0.25, 0.3) is 5.91 Å². The average Bonchev–Trinajstić information content (AvgIpc) is 2.56. The largest absolute Gasteiger partial charge is 0.494 e. The van der Waals surface area contributed by atoms with Crippen molar-refractivity contribution in [2.24, 2.45) is 0 Å². The maximum Gasteiger partial charge on any atom is 0.408 e. The summed E-state index contributed by atoms with van der Waals surface area (Å²) in [5.74, 6) is 0.0918. The van der Waals surface area contributed by atoms with Gasteiger partial charge in [-0.2, -0.15) is 0 Å². The lowest BCUT2D eigenvalue weighted by Crippen LogP contribution is -2.42. The molecule has 0 bridgehead atoms. The Morgan fingerprint density at radius 3 is 2.15 bits per heavy atom. The first-order chi connectivity index (χ1) is 12.2. The van der Waals surface area contributed by atoms with E-state index in [1.165, 1.54) is 0 Å². The number of alkyl carbamates (subject to hydrolysis) is 1. The van der Waals surface area contributed by atoms with Crippen LogP contribution in [0.2, 0.25) is 0 Å². The van der Waals surface area contributed by atoms with Crippen molar-refractivity contribution in [3.05, 3.63) is 29.8 Å². The van der Waals surface area contributed by atoms with Crippen LogP contribution in [0.1, 0.15) is 38.1 Å². The summed E-state index contributed by atoms with van der Waals surface area (Å²) >= 11 is 0. The van der Waals surface area contributed by atoms with Crippen molar-refractivity contribution in [2.45, 2.75) is 33.3 Å². The molecule has 0 spiro atoms. The monoisotopic (exact) mass is 365 g/mol. The summed E-state index contributed by atoms with van der Waals surface area (Å²) in [6, 6.07) is 6.79. The highest BCUT2D eigenvalue weighted by Gasteiger charge is 2.16. The van der Waals surface area contributed by atoms with E-state index >= 15 is 0 Å². The van der Waals surface area contributed by atoms with Gasteiger partial charge in [-0.15, -0.1) is 0 Å². The number of carbonyl (C=O) groups excluding carboxylic acids is 3. The van der Waals surface area contributed by atoms with Crippen molar-refractivity contribution in [3.8, 4) is 5.75 Å². The average molecular weight is 365 g/mol. The van der Waals surface area contributed by atoms with Crippen LogP contribution in [0.15, 0.2) is 24.3 Å². The third kappa shape index (κ3) is 8.91. The van der Waals surface area contributed by atoms with E-state index in [2.05, 4.69) is 16.0 Å². The van der Waals surface area contributed by atoms with Gasteiger partial charge in [0, 0.05) is 18.7 Å². The fourth-order valence-corrected chi connectivity index (χ4v) is 1.88. The molecule has 1 aromatic rings. The second kappa shape index (κ2) is 10.3. The molecule has 0 atom stereocenters. The Bertz CT molecular complexity index is 608. The summed E-state index contributed by atoms with van der Waals surface area (Å²) in [6.07, 6.45) is -0.656. The number of benzene rings is 1. The molecule has 0 saturated carbocycles. The number of nitrogens with one attached hydrogen (secondary N) is 3. The van der Waals surface area contributed by atoms with Gasteiger partial charge < -0.3 is 25.4 Å². The predicted octanol–water partition coefficient (Wildman–Crippen LogP) is 1.46. The molecule has 144 valence electrons. The molecule has 0 radical (unpaired) electrons. The fourth-order valence-electron chi connectivity index (χ4n) is 1.88. The first-order valence-electron chi connectivity index (χ1n) is 8.46. The third-order valence-corrected chi connectivity index (χ3v) is 2.95. The minimum absolute atomic E-state index is 0.193. The molecule has 1 aromatic carbocycles. The number of amides is 3. The molecule has 0 heterocycles. The number of hydrogen-bond donors (Lipinski definition) is 3. The molecule has 0 unspecified atom stereocenters. The zero-order valence-electron chi connectivity index (χ0n) is 15.7. The number of carbonyl (C=O) groups is 3. The van der Waals surface area contributed by atoms with Crippen LogP contribution in [0.25, 0.3) is 0 Å². The van der Waals surface area contributed by atoms with Crippen LogP contribution in [0.4, 0.5) is 4.79 Å². The molecule has 0 aromatic heterocycles. The lowest BCUT2D eigenvalue weighted by atomic mass is 10.2. The Kier molecular flexibility index (Phi) is 8.41. The van der Waals surface area contributed by atoms with E-state index in [0.29, 0.717) is 17.9 Å². The first kappa shape index (κ1) is 21.3. The molecule has 0 aliphatic rings. The highest BCUT2D eigenvalue weighted by atomic mass is 16.6. The smallest absolute Gasteiger partial charge is 0.408 e. The minimum atomic E-state index is -0.656. The molecule has 3 N–H and O–H groups in total. The normalized spacial score (nSPS) is 10.6. The van der Waals surface area contributed by atoms with Crippen LogP contribution in [0.5, 0.6) is 5.75 Å². The highest BCUT2D eigenvalue weighted by Crippen LogP contribution is 2.11. The van der Waals surface area contributed by atoms with E-state index in [1.807, 2.05) is 6.92 Å². The topological polar surface area (TPSA) is 106 Å². The fraction of sp³-hybridized carbons (Fsp3) is 0.500. The third-order valence-electron chi connectivity index (χ3n) is 2.95. The Balaban J connectivity index is 2.21. The molecule has 0 fully saturated rings. The first-order valence-corrected chi connectivity index (χ1v) is 8.46. The van der Waals surface area contributed by atoms with Crippen LogP contribution in [-0.2, 0) is 9.53 Å². The van der Waals surface area contributed by atoms with Crippen LogP contribution < -0.4 is 20.7 Å². The van der Waals surface area contributed by atoms with E-state index in [9.17, 15) is 14.4 Å². The van der Waals surface area contributed by atoms with E-state index in [0.717, 1.165) is 0 Å². The molecule has 8 heteroatoms. The van der Waals surface area contributed by atoms with E-state index < -0.39 is 11.7 Å². The molecule has 0 saturated heterocycles. The van der Waals surface area contributed by atoms with Gasteiger partial charge in [-0.3, -0.25) is 9.59 Å². The highest BCUT2D eigenvalue weighted by molar-refractivity contribution is 5.94. The summed E-state index contributed by atoms with van der Waals surface area (Å²) in [5.41, 5.74) is -0.113. The molecule has 0 aliphatic heterocycles. The number of hydrogen-bond acceptors (Lipinski definition) is 5. The Labute approximate surface area is 153 Å². The van der Waals surface area contributed by atoms with E-state index in [4.69, 9.17) is 9.47 Å². The number of rotatable bonds is 8. The van der Waals surface area contributed by atoms with Gasteiger partial charge in [-0.1, -0.05) is 0 Å². The van der Waals surface area contributed by atoms with E-state index in [-0.39, 0.29) is 31.4 Å². The Morgan fingerprint density at radius 1 is 0.962 bits per heavy atom. The summed E-state index contributed by atoms with van der Waals surface area (Å²) in [7, 11) is 0. The summed E-state index contributed by atoms with van der Waals surface area (Å²) < 4.78 is 10.3. The van der Waals surface area contributed by atoms with Crippen molar-refractivity contribution < 1.29 is 23.9 Å². The molecular weight excluding hydrogens is 338 g/mol. The van der Waals surface area contributed by atoms with Gasteiger partial charge in [0.15, 0.2) is 0 Å². The number of ether oxygens (including phenoxy) is 2. The van der Waals surface area contributed by atoms with Crippen molar-refractivity contribution in [1.82, 2.24) is 16.0 Å². The minimum Gasteiger partial charge on any atom is -0.494 e. The Morgan fingerprint density at radius 2 is 1.58 bits per heavy atom. The molecule has 8 nitrogen and oxygen atoms in total. The van der Waals surface area contributed by atoms with Gasteiger partial charge in [0.1, 0.15) is 11.4 Å². The zero-order valence-corrected chi connectivity index (χ0v) is 15.7. The van der Waals surface area contributed by atoms with Crippen molar-refractivity contribution in [3.63, 3.8) is 0 Å². The predicted molar refractivity (Wildman–Crippen MR) is 97.2 cm³/mol. The second-order valence-electron chi connectivity index (χ2n) is 6.42. The SMILES string of the molecule is CCOc1ccc(C(=O)NCCNC(=O)CNC(=O)OC(C)(C)C)cc1. The van der Waals surface area contributed by atoms with E-state index in [1.54, 1.807) is 45.0 Å². The van der Waals surface area contributed by atoms with Crippen molar-refractivity contribution in [2.75, 3.05) is 26.2 Å². The maximum atomic E-state index is 12.0. The Hall–Kier alpha value is -2.77. The van der Waals surface area contributed by atoms with Crippen molar-refractivity contribution in [1.29, 1.82) is 0 Å².